The van der Waals surface area contributed by atoms with E-state index in [0.29, 0.717) is 28.9 Å². The number of halogens is 4. The molecule has 24 heavy (non-hydrogen) atoms. The van der Waals surface area contributed by atoms with Crippen molar-refractivity contribution in [3.05, 3.63) is 45.9 Å². The number of carbonyl (C=O) groups is 1. The number of nitrogens with one attached hydrogen (secondary N) is 1. The molecule has 0 aliphatic carbocycles. The molecule has 1 amide bonds. The molecule has 1 N–H and O–H groups in total. The first-order valence-corrected chi connectivity index (χ1v) is 7.43. The van der Waals surface area contributed by atoms with E-state index < -0.39 is 12.8 Å². The van der Waals surface area contributed by atoms with Crippen LogP contribution in [0.15, 0.2) is 18.3 Å². The van der Waals surface area contributed by atoms with E-state index in [0.717, 1.165) is 0 Å². The van der Waals surface area contributed by atoms with Crippen molar-refractivity contribution in [2.45, 2.75) is 26.2 Å². The lowest BCUT2D eigenvalue weighted by Crippen LogP contribution is -2.23. The van der Waals surface area contributed by atoms with Crippen molar-refractivity contribution in [1.29, 1.82) is 0 Å². The Bertz CT molecular complexity index is 789. The topological polar surface area (TPSA) is 58.2 Å². The van der Waals surface area contributed by atoms with Gasteiger partial charge in [-0.25, -0.2) is 4.98 Å². The lowest BCUT2D eigenvalue weighted by atomic mass is 10.2. The van der Waals surface area contributed by atoms with Gasteiger partial charge in [-0.3, -0.25) is 4.79 Å². The molecule has 2 aromatic rings. The average Bonchev–Trinajstić information content (AvgIpc) is 2.99. The van der Waals surface area contributed by atoms with E-state index in [2.05, 4.69) is 9.97 Å². The molecule has 5 nitrogen and oxygen atoms in total. The summed E-state index contributed by atoms with van der Waals surface area (Å²) in [7, 11) is 0. The maximum Gasteiger partial charge on any atom is 0.422 e. The molecule has 0 aromatic carbocycles. The normalized spacial score (nSPS) is 14.2. The average molecular weight is 360 g/mol. The molecule has 0 bridgehead atoms. The van der Waals surface area contributed by atoms with Crippen LogP contribution in [0.3, 0.4) is 0 Å². The van der Waals surface area contributed by atoms with E-state index in [9.17, 15) is 18.0 Å². The second kappa shape index (κ2) is 6.01. The predicted octanol–water partition coefficient (Wildman–Crippen LogP) is 3.47. The minimum atomic E-state index is -4.41. The fourth-order valence-corrected chi connectivity index (χ4v) is 2.80. The van der Waals surface area contributed by atoms with E-state index >= 15 is 0 Å². The monoisotopic (exact) mass is 359 g/mol. The number of hydrogen-bond acceptors (Lipinski definition) is 3. The fraction of sp³-hybridized carbons (Fsp3) is 0.333. The van der Waals surface area contributed by atoms with Crippen molar-refractivity contribution in [2.24, 2.45) is 0 Å². The highest BCUT2D eigenvalue weighted by atomic mass is 35.5. The third-order valence-electron chi connectivity index (χ3n) is 3.63. The molecular formula is C15H13ClF3N3O2. The van der Waals surface area contributed by atoms with Crippen LogP contribution in [0.5, 0.6) is 5.88 Å². The first-order chi connectivity index (χ1) is 11.2. The largest absolute Gasteiger partial charge is 0.469 e. The molecule has 0 saturated carbocycles. The first-order valence-electron chi connectivity index (χ1n) is 7.05. The zero-order valence-electron chi connectivity index (χ0n) is 12.6. The Morgan fingerprint density at radius 3 is 2.88 bits per heavy atom. The number of aromatic amines is 1. The highest BCUT2D eigenvalue weighted by Gasteiger charge is 2.31. The summed E-state index contributed by atoms with van der Waals surface area (Å²) < 4.78 is 41.5. The zero-order chi connectivity index (χ0) is 17.5. The number of ether oxygens (including phenoxy) is 1. The number of pyridine rings is 1. The fourth-order valence-electron chi connectivity index (χ4n) is 2.58. The van der Waals surface area contributed by atoms with Crippen molar-refractivity contribution < 1.29 is 22.7 Å². The van der Waals surface area contributed by atoms with Crippen molar-refractivity contribution in [2.75, 3.05) is 6.61 Å². The third-order valence-corrected chi connectivity index (χ3v) is 3.96. The Morgan fingerprint density at radius 1 is 1.46 bits per heavy atom. The number of fused-ring (bicyclic) bond motifs is 1. The molecule has 2 aromatic heterocycles. The number of hydrogen-bond donors (Lipinski definition) is 1. The molecule has 0 fully saturated rings. The molecule has 3 rings (SSSR count). The van der Waals surface area contributed by atoms with Crippen LogP contribution in [-0.2, 0) is 13.1 Å². The lowest BCUT2D eigenvalue weighted by molar-refractivity contribution is -0.154. The number of aryl methyl sites for hydroxylation is 1. The molecule has 9 heteroatoms. The van der Waals surface area contributed by atoms with Gasteiger partial charge < -0.3 is 14.6 Å². The first kappa shape index (κ1) is 16.6. The van der Waals surface area contributed by atoms with Gasteiger partial charge >= 0.3 is 6.18 Å². The molecule has 0 unspecified atom stereocenters. The van der Waals surface area contributed by atoms with Crippen LogP contribution in [0.1, 0.15) is 27.2 Å². The lowest BCUT2D eigenvalue weighted by Gasteiger charge is -2.14. The van der Waals surface area contributed by atoms with Gasteiger partial charge in [0.2, 0.25) is 0 Å². The van der Waals surface area contributed by atoms with Crippen LogP contribution >= 0.6 is 11.6 Å². The Hall–Kier alpha value is -2.22. The summed E-state index contributed by atoms with van der Waals surface area (Å²) in [5, 5.41) is 0.278. The third kappa shape index (κ3) is 3.33. The van der Waals surface area contributed by atoms with Gasteiger partial charge in [0.1, 0.15) is 5.15 Å². The van der Waals surface area contributed by atoms with Crippen LogP contribution in [0.25, 0.3) is 0 Å². The molecule has 1 aliphatic rings. The molecular weight excluding hydrogens is 347 g/mol. The number of alkyl halides is 3. The smallest absolute Gasteiger partial charge is 0.422 e. The zero-order valence-corrected chi connectivity index (χ0v) is 13.3. The van der Waals surface area contributed by atoms with Gasteiger partial charge in [0, 0.05) is 28.6 Å². The Labute approximate surface area is 140 Å². The van der Waals surface area contributed by atoms with Crippen LogP contribution in [0.2, 0.25) is 5.15 Å². The highest BCUT2D eigenvalue weighted by Crippen LogP contribution is 2.29. The number of nitrogens with zero attached hydrogens (tertiary/aromatic N) is 2. The molecule has 0 atom stereocenters. The predicted molar refractivity (Wildman–Crippen MR) is 79.9 cm³/mol. The van der Waals surface area contributed by atoms with Crippen LogP contribution < -0.4 is 4.74 Å². The quantitative estimate of drug-likeness (QED) is 0.850. The molecule has 0 saturated heterocycles. The van der Waals surface area contributed by atoms with Crippen LogP contribution in [0.4, 0.5) is 13.2 Å². The Kier molecular flexibility index (Phi) is 4.16. The van der Waals surface area contributed by atoms with E-state index in [1.807, 2.05) is 0 Å². The van der Waals surface area contributed by atoms with Gasteiger partial charge in [0.05, 0.1) is 13.1 Å². The standard InChI is InChI=1S/C15H13ClF3N3O2/c1-8-4-9(21-13(8)24-7-15(17,18)19)5-22-6-11-10(14(22)23)2-3-20-12(11)16/h2-4,21H,5-7H2,1H3. The number of carbonyl (C=O) groups excluding carboxylic acids is 1. The van der Waals surface area contributed by atoms with E-state index in [4.69, 9.17) is 16.3 Å². The van der Waals surface area contributed by atoms with Gasteiger partial charge in [-0.05, 0) is 19.1 Å². The summed E-state index contributed by atoms with van der Waals surface area (Å²) in [6.07, 6.45) is -2.95. The Balaban J connectivity index is 1.72. The number of rotatable bonds is 4. The minimum Gasteiger partial charge on any atom is -0.469 e. The molecule has 128 valence electrons. The molecule has 1 aliphatic heterocycles. The highest BCUT2D eigenvalue weighted by molar-refractivity contribution is 6.30. The summed E-state index contributed by atoms with van der Waals surface area (Å²) in [5.41, 5.74) is 2.26. The number of amides is 1. The number of H-pyrrole nitrogens is 1. The summed E-state index contributed by atoms with van der Waals surface area (Å²) in [4.78, 5) is 20.6. The van der Waals surface area contributed by atoms with Gasteiger partial charge in [-0.2, -0.15) is 13.2 Å². The van der Waals surface area contributed by atoms with E-state index in [-0.39, 0.29) is 23.5 Å². The minimum absolute atomic E-state index is 0.0474. The summed E-state index contributed by atoms with van der Waals surface area (Å²) in [6, 6.07) is 3.25. The number of aromatic nitrogens is 2. The van der Waals surface area contributed by atoms with Crippen molar-refractivity contribution >= 4 is 17.5 Å². The maximum absolute atomic E-state index is 12.3. The van der Waals surface area contributed by atoms with Crippen molar-refractivity contribution in [3.63, 3.8) is 0 Å². The molecule has 3 heterocycles. The van der Waals surface area contributed by atoms with Gasteiger partial charge in [0.15, 0.2) is 12.5 Å². The second-order valence-electron chi connectivity index (χ2n) is 5.50. The maximum atomic E-state index is 12.3. The van der Waals surface area contributed by atoms with Crippen molar-refractivity contribution in [1.82, 2.24) is 14.9 Å². The summed E-state index contributed by atoms with van der Waals surface area (Å²) in [5.74, 6) is -0.148. The Morgan fingerprint density at radius 2 is 2.21 bits per heavy atom. The molecule has 0 spiro atoms. The van der Waals surface area contributed by atoms with Crippen LogP contribution in [0, 0.1) is 6.92 Å². The van der Waals surface area contributed by atoms with Crippen molar-refractivity contribution in [3.8, 4) is 5.88 Å². The van der Waals surface area contributed by atoms with Gasteiger partial charge in [0.25, 0.3) is 5.91 Å². The van der Waals surface area contributed by atoms with Gasteiger partial charge in [-0.15, -0.1) is 0 Å². The van der Waals surface area contributed by atoms with E-state index in [1.54, 1.807) is 19.1 Å². The second-order valence-corrected chi connectivity index (χ2v) is 5.86. The summed E-state index contributed by atoms with van der Waals surface area (Å²) >= 11 is 5.99. The summed E-state index contributed by atoms with van der Waals surface area (Å²) in [6.45, 7) is 0.772. The molecule has 0 radical (unpaired) electrons. The van der Waals surface area contributed by atoms with Gasteiger partial charge in [-0.1, -0.05) is 11.6 Å². The SMILES string of the molecule is Cc1cc(CN2Cc3c(ccnc3Cl)C2=O)[nH]c1OCC(F)(F)F. The van der Waals surface area contributed by atoms with E-state index in [1.165, 1.54) is 11.1 Å². The van der Waals surface area contributed by atoms with Crippen LogP contribution in [-0.4, -0.2) is 33.6 Å².